The van der Waals surface area contributed by atoms with E-state index in [1.807, 2.05) is 18.2 Å². The maximum absolute atomic E-state index is 12.2. The molecular weight excluding hydrogens is 252 g/mol. The summed E-state index contributed by atoms with van der Waals surface area (Å²) in [7, 11) is 0. The molecule has 0 N–H and O–H groups in total. The van der Waals surface area contributed by atoms with Crippen molar-refractivity contribution in [1.82, 2.24) is 4.90 Å². The maximum Gasteiger partial charge on any atom is 0.254 e. The molecule has 1 aliphatic rings. The van der Waals surface area contributed by atoms with Gasteiger partial charge < -0.3 is 9.64 Å². The molecule has 5 heteroatoms. The first-order chi connectivity index (χ1) is 8.74. The molecule has 1 aromatic rings. The van der Waals surface area contributed by atoms with Crippen LogP contribution in [-0.2, 0) is 10.6 Å². The summed E-state index contributed by atoms with van der Waals surface area (Å²) < 4.78 is 5.21. The molecule has 1 atom stereocenters. The van der Waals surface area contributed by atoms with Gasteiger partial charge in [-0.15, -0.1) is 11.6 Å². The van der Waals surface area contributed by atoms with E-state index in [1.54, 1.807) is 17.0 Å². The van der Waals surface area contributed by atoms with Crippen molar-refractivity contribution in [2.75, 3.05) is 19.7 Å². The Kier molecular flexibility index (Phi) is 4.19. The van der Waals surface area contributed by atoms with E-state index in [1.165, 1.54) is 0 Å². The topological polar surface area (TPSA) is 53.3 Å². The molecule has 0 bridgehead atoms. The van der Waals surface area contributed by atoms with Crippen molar-refractivity contribution in [3.05, 3.63) is 35.4 Å². The molecule has 2 rings (SSSR count). The van der Waals surface area contributed by atoms with Crippen molar-refractivity contribution in [3.8, 4) is 6.07 Å². The summed E-state index contributed by atoms with van der Waals surface area (Å²) in [4.78, 5) is 13.9. The number of carbonyl (C=O) groups is 1. The van der Waals surface area contributed by atoms with Crippen LogP contribution in [0.5, 0.6) is 0 Å². The number of ether oxygens (including phenoxy) is 1. The Hall–Kier alpha value is -1.57. The van der Waals surface area contributed by atoms with Crippen LogP contribution in [0.15, 0.2) is 24.3 Å². The fourth-order valence-corrected chi connectivity index (χ4v) is 2.05. The number of alkyl halides is 1. The zero-order valence-electron chi connectivity index (χ0n) is 9.80. The fraction of sp³-hybridized carbons (Fsp3) is 0.385. The first kappa shape index (κ1) is 12.9. The lowest BCUT2D eigenvalue weighted by Gasteiger charge is -2.29. The number of hydrogen-bond donors (Lipinski definition) is 0. The summed E-state index contributed by atoms with van der Waals surface area (Å²) in [6.07, 6.45) is -0.529. The van der Waals surface area contributed by atoms with Gasteiger partial charge in [-0.2, -0.15) is 5.26 Å². The van der Waals surface area contributed by atoms with Gasteiger partial charge in [0.25, 0.3) is 5.91 Å². The predicted octanol–water partition coefficient (Wildman–Crippen LogP) is 1.79. The molecule has 94 valence electrons. The number of morpholine rings is 1. The summed E-state index contributed by atoms with van der Waals surface area (Å²) in [6.45, 7) is 1.24. The Labute approximate surface area is 111 Å². The van der Waals surface area contributed by atoms with Gasteiger partial charge in [0, 0.05) is 18.0 Å². The Morgan fingerprint density at radius 2 is 2.44 bits per heavy atom. The standard InChI is InChI=1S/C13H13ClN2O2/c14-7-10-2-1-3-11(6-10)13(17)16-4-5-18-12(8-15)9-16/h1-3,6,12H,4-5,7,9H2. The number of amides is 1. The van der Waals surface area contributed by atoms with Crippen LogP contribution < -0.4 is 0 Å². The second-order valence-electron chi connectivity index (χ2n) is 4.07. The molecule has 0 radical (unpaired) electrons. The van der Waals surface area contributed by atoms with E-state index in [-0.39, 0.29) is 5.91 Å². The summed E-state index contributed by atoms with van der Waals surface area (Å²) >= 11 is 5.75. The monoisotopic (exact) mass is 264 g/mol. The third-order valence-corrected chi connectivity index (χ3v) is 3.13. The van der Waals surface area contributed by atoms with Crippen LogP contribution >= 0.6 is 11.6 Å². The molecule has 0 aromatic heterocycles. The van der Waals surface area contributed by atoms with E-state index in [4.69, 9.17) is 21.6 Å². The fourth-order valence-electron chi connectivity index (χ4n) is 1.88. The molecule has 18 heavy (non-hydrogen) atoms. The molecule has 1 saturated heterocycles. The van der Waals surface area contributed by atoms with Crippen LogP contribution in [0.1, 0.15) is 15.9 Å². The molecule has 0 spiro atoms. The molecule has 4 nitrogen and oxygen atoms in total. The maximum atomic E-state index is 12.2. The number of halogens is 1. The van der Waals surface area contributed by atoms with E-state index in [2.05, 4.69) is 0 Å². The highest BCUT2D eigenvalue weighted by Gasteiger charge is 2.24. The Morgan fingerprint density at radius 1 is 1.61 bits per heavy atom. The molecular formula is C13H13ClN2O2. The van der Waals surface area contributed by atoms with Gasteiger partial charge in [-0.05, 0) is 17.7 Å². The van der Waals surface area contributed by atoms with Gasteiger partial charge in [0.1, 0.15) is 0 Å². The van der Waals surface area contributed by atoms with E-state index >= 15 is 0 Å². The highest BCUT2D eigenvalue weighted by molar-refractivity contribution is 6.17. The zero-order chi connectivity index (χ0) is 13.0. The number of rotatable bonds is 2. The van der Waals surface area contributed by atoms with Crippen molar-refractivity contribution >= 4 is 17.5 Å². The minimum absolute atomic E-state index is 0.0782. The second-order valence-corrected chi connectivity index (χ2v) is 4.34. The molecule has 0 aliphatic carbocycles. The Morgan fingerprint density at radius 3 is 3.17 bits per heavy atom. The van der Waals surface area contributed by atoms with Gasteiger partial charge in [0.05, 0.1) is 19.2 Å². The molecule has 1 aliphatic heterocycles. The first-order valence-corrected chi connectivity index (χ1v) is 6.23. The van der Waals surface area contributed by atoms with Gasteiger partial charge in [-0.3, -0.25) is 4.79 Å². The summed E-state index contributed by atoms with van der Waals surface area (Å²) in [5, 5.41) is 8.81. The zero-order valence-corrected chi connectivity index (χ0v) is 10.6. The van der Waals surface area contributed by atoms with E-state index in [9.17, 15) is 4.79 Å². The van der Waals surface area contributed by atoms with Gasteiger partial charge >= 0.3 is 0 Å². The largest absolute Gasteiger partial charge is 0.360 e. The Bertz CT molecular complexity index is 484. The summed E-state index contributed by atoms with van der Waals surface area (Å²) in [5.74, 6) is 0.302. The number of benzene rings is 1. The summed E-state index contributed by atoms with van der Waals surface area (Å²) in [5.41, 5.74) is 1.51. The molecule has 1 unspecified atom stereocenters. The van der Waals surface area contributed by atoms with Crippen molar-refractivity contribution in [3.63, 3.8) is 0 Å². The lowest BCUT2D eigenvalue weighted by Crippen LogP contribution is -2.45. The summed E-state index contributed by atoms with van der Waals surface area (Å²) in [6, 6.07) is 9.26. The van der Waals surface area contributed by atoms with Crippen molar-refractivity contribution in [1.29, 1.82) is 5.26 Å². The van der Waals surface area contributed by atoms with Crippen molar-refractivity contribution in [2.24, 2.45) is 0 Å². The number of nitriles is 1. The average Bonchev–Trinajstić information content (AvgIpc) is 2.46. The molecule has 0 saturated carbocycles. The average molecular weight is 265 g/mol. The lowest BCUT2D eigenvalue weighted by atomic mass is 10.1. The van der Waals surface area contributed by atoms with Crippen LogP contribution in [0.25, 0.3) is 0 Å². The van der Waals surface area contributed by atoms with Crippen molar-refractivity contribution < 1.29 is 9.53 Å². The first-order valence-electron chi connectivity index (χ1n) is 5.70. The normalized spacial score (nSPS) is 19.3. The smallest absolute Gasteiger partial charge is 0.254 e. The predicted molar refractivity (Wildman–Crippen MR) is 67.3 cm³/mol. The number of nitrogens with zero attached hydrogens (tertiary/aromatic N) is 2. The third kappa shape index (κ3) is 2.81. The minimum Gasteiger partial charge on any atom is -0.360 e. The number of carbonyl (C=O) groups excluding carboxylic acids is 1. The molecule has 1 aromatic carbocycles. The van der Waals surface area contributed by atoms with Crippen molar-refractivity contribution in [2.45, 2.75) is 12.0 Å². The van der Waals surface area contributed by atoms with Crippen LogP contribution in [0.2, 0.25) is 0 Å². The highest BCUT2D eigenvalue weighted by atomic mass is 35.5. The lowest BCUT2D eigenvalue weighted by molar-refractivity contribution is 0.00346. The van der Waals surface area contributed by atoms with Crippen LogP contribution in [-0.4, -0.2) is 36.6 Å². The van der Waals surface area contributed by atoms with Crippen LogP contribution in [0.4, 0.5) is 0 Å². The van der Waals surface area contributed by atoms with E-state index < -0.39 is 6.10 Å². The minimum atomic E-state index is -0.529. The molecule has 1 fully saturated rings. The van der Waals surface area contributed by atoms with E-state index in [0.29, 0.717) is 31.1 Å². The number of hydrogen-bond acceptors (Lipinski definition) is 3. The van der Waals surface area contributed by atoms with Gasteiger partial charge in [0.2, 0.25) is 0 Å². The Balaban J connectivity index is 2.13. The molecule has 1 heterocycles. The SMILES string of the molecule is N#CC1CN(C(=O)c2cccc(CCl)c2)CCO1. The van der Waals surface area contributed by atoms with Gasteiger partial charge in [0.15, 0.2) is 6.10 Å². The van der Waals surface area contributed by atoms with Crippen LogP contribution in [0.3, 0.4) is 0 Å². The third-order valence-electron chi connectivity index (χ3n) is 2.83. The van der Waals surface area contributed by atoms with E-state index in [0.717, 1.165) is 5.56 Å². The van der Waals surface area contributed by atoms with Crippen LogP contribution in [0, 0.1) is 11.3 Å². The quantitative estimate of drug-likeness (QED) is 0.766. The van der Waals surface area contributed by atoms with Gasteiger partial charge in [-0.25, -0.2) is 0 Å². The van der Waals surface area contributed by atoms with Gasteiger partial charge in [-0.1, -0.05) is 12.1 Å². The molecule has 1 amide bonds. The highest BCUT2D eigenvalue weighted by Crippen LogP contribution is 2.13. The second kappa shape index (κ2) is 5.85.